The maximum Gasteiger partial charge on any atom is 0.333 e. The maximum absolute atomic E-state index is 12.0. The standard InChI is InChI=1S/C14H21N3O4/c1-11(14(19)21-4)5-6-17-13(18)9-12(10-15-17)16(2)7-8-20-3/h5,9-10H,6-8H2,1-4H3/b11-5-. The molecule has 0 fully saturated rings. The van der Waals surface area contributed by atoms with Gasteiger partial charge in [0.05, 0.1) is 32.1 Å². The Kier molecular flexibility index (Phi) is 6.61. The third-order valence-electron chi connectivity index (χ3n) is 3.00. The fourth-order valence-electron chi connectivity index (χ4n) is 1.59. The maximum atomic E-state index is 12.0. The molecule has 1 rings (SSSR count). The predicted octanol–water partition coefficient (Wildman–Crippen LogP) is 0.445. The van der Waals surface area contributed by atoms with E-state index in [4.69, 9.17) is 4.74 Å². The van der Waals surface area contributed by atoms with Crippen molar-refractivity contribution in [3.8, 4) is 0 Å². The number of hydrogen-bond donors (Lipinski definition) is 0. The highest BCUT2D eigenvalue weighted by Crippen LogP contribution is 2.06. The second kappa shape index (κ2) is 8.21. The van der Waals surface area contributed by atoms with Gasteiger partial charge >= 0.3 is 5.97 Å². The lowest BCUT2D eigenvalue weighted by Gasteiger charge is -2.18. The number of anilines is 1. The van der Waals surface area contributed by atoms with Crippen LogP contribution in [0, 0.1) is 0 Å². The van der Waals surface area contributed by atoms with E-state index in [0.717, 1.165) is 5.69 Å². The molecule has 1 heterocycles. The molecular weight excluding hydrogens is 274 g/mol. The fourth-order valence-corrected chi connectivity index (χ4v) is 1.59. The molecule has 0 bridgehead atoms. The number of nitrogens with zero attached hydrogens (tertiary/aromatic N) is 3. The molecule has 0 amide bonds. The van der Waals surface area contributed by atoms with Crippen LogP contribution in [0.1, 0.15) is 6.92 Å². The summed E-state index contributed by atoms with van der Waals surface area (Å²) in [5.41, 5.74) is 0.931. The van der Waals surface area contributed by atoms with Gasteiger partial charge in [0, 0.05) is 32.3 Å². The molecule has 1 aromatic heterocycles. The van der Waals surface area contributed by atoms with Crippen molar-refractivity contribution in [1.29, 1.82) is 0 Å². The number of ether oxygens (including phenoxy) is 2. The first-order valence-electron chi connectivity index (χ1n) is 6.52. The minimum atomic E-state index is -0.418. The molecule has 7 nitrogen and oxygen atoms in total. The molecule has 21 heavy (non-hydrogen) atoms. The molecule has 116 valence electrons. The normalized spacial score (nSPS) is 11.3. The molecule has 7 heteroatoms. The summed E-state index contributed by atoms with van der Waals surface area (Å²) in [4.78, 5) is 25.1. The lowest BCUT2D eigenvalue weighted by molar-refractivity contribution is -0.136. The van der Waals surface area contributed by atoms with Crippen molar-refractivity contribution >= 4 is 11.7 Å². The topological polar surface area (TPSA) is 73.7 Å². The van der Waals surface area contributed by atoms with Crippen LogP contribution in [0.3, 0.4) is 0 Å². The number of hydrogen-bond acceptors (Lipinski definition) is 6. The van der Waals surface area contributed by atoms with Gasteiger partial charge in [0.15, 0.2) is 0 Å². The Morgan fingerprint density at radius 1 is 1.48 bits per heavy atom. The van der Waals surface area contributed by atoms with Gasteiger partial charge in [-0.1, -0.05) is 6.08 Å². The minimum Gasteiger partial charge on any atom is -0.466 e. The van der Waals surface area contributed by atoms with Gasteiger partial charge in [0.25, 0.3) is 5.56 Å². The van der Waals surface area contributed by atoms with E-state index in [0.29, 0.717) is 18.7 Å². The minimum absolute atomic E-state index is 0.224. The van der Waals surface area contributed by atoms with Gasteiger partial charge in [-0.05, 0) is 6.92 Å². The number of carbonyl (C=O) groups is 1. The molecule has 0 aliphatic rings. The van der Waals surface area contributed by atoms with Crippen LogP contribution in [0.25, 0.3) is 0 Å². The van der Waals surface area contributed by atoms with Gasteiger partial charge < -0.3 is 14.4 Å². The fraction of sp³-hybridized carbons (Fsp3) is 0.500. The van der Waals surface area contributed by atoms with Crippen LogP contribution in [0.4, 0.5) is 5.69 Å². The lowest BCUT2D eigenvalue weighted by atomic mass is 10.3. The molecule has 1 aromatic rings. The van der Waals surface area contributed by atoms with Crippen LogP contribution >= 0.6 is 0 Å². The van der Waals surface area contributed by atoms with Gasteiger partial charge in [0.1, 0.15) is 0 Å². The van der Waals surface area contributed by atoms with Crippen LogP contribution in [0.5, 0.6) is 0 Å². The van der Waals surface area contributed by atoms with Crippen LogP contribution in [-0.2, 0) is 20.8 Å². The molecule has 0 N–H and O–H groups in total. The molecule has 0 unspecified atom stereocenters. The third kappa shape index (κ3) is 5.03. The van der Waals surface area contributed by atoms with Crippen molar-refractivity contribution in [1.82, 2.24) is 9.78 Å². The molecule has 0 aliphatic carbocycles. The summed E-state index contributed by atoms with van der Waals surface area (Å²) >= 11 is 0. The molecule has 0 aliphatic heterocycles. The number of likely N-dealkylation sites (N-methyl/N-ethyl adjacent to an activating group) is 1. The van der Waals surface area contributed by atoms with Crippen LogP contribution < -0.4 is 10.5 Å². The molecule has 0 spiro atoms. The zero-order chi connectivity index (χ0) is 15.8. The summed E-state index contributed by atoms with van der Waals surface area (Å²) in [5.74, 6) is -0.418. The quantitative estimate of drug-likeness (QED) is 0.537. The first-order chi connectivity index (χ1) is 9.99. The number of allylic oxidation sites excluding steroid dienone is 1. The lowest BCUT2D eigenvalue weighted by Crippen LogP contribution is -2.27. The Bertz CT molecular complexity index is 566. The van der Waals surface area contributed by atoms with Crippen molar-refractivity contribution in [2.75, 3.05) is 39.3 Å². The zero-order valence-electron chi connectivity index (χ0n) is 12.8. The highest BCUT2D eigenvalue weighted by Gasteiger charge is 2.06. The molecule has 0 aromatic carbocycles. The van der Waals surface area contributed by atoms with Crippen molar-refractivity contribution < 1.29 is 14.3 Å². The van der Waals surface area contributed by atoms with Gasteiger partial charge in [-0.15, -0.1) is 0 Å². The van der Waals surface area contributed by atoms with Crippen molar-refractivity contribution in [2.24, 2.45) is 0 Å². The van der Waals surface area contributed by atoms with E-state index in [1.165, 1.54) is 17.9 Å². The van der Waals surface area contributed by atoms with Crippen molar-refractivity contribution in [3.05, 3.63) is 34.3 Å². The Labute approximate surface area is 123 Å². The first-order valence-corrected chi connectivity index (χ1v) is 6.52. The summed E-state index contributed by atoms with van der Waals surface area (Å²) < 4.78 is 10.9. The molecular formula is C14H21N3O4. The third-order valence-corrected chi connectivity index (χ3v) is 3.00. The zero-order valence-corrected chi connectivity index (χ0v) is 12.8. The monoisotopic (exact) mass is 295 g/mol. The number of methoxy groups -OCH3 is 2. The number of esters is 1. The van der Waals surface area contributed by atoms with Gasteiger partial charge in [-0.3, -0.25) is 4.79 Å². The van der Waals surface area contributed by atoms with Crippen LogP contribution in [-0.4, -0.2) is 50.2 Å². The van der Waals surface area contributed by atoms with E-state index in [-0.39, 0.29) is 12.1 Å². The predicted molar refractivity (Wildman–Crippen MR) is 79.4 cm³/mol. The molecule has 0 radical (unpaired) electrons. The average molecular weight is 295 g/mol. The van der Waals surface area contributed by atoms with E-state index in [1.807, 2.05) is 11.9 Å². The Morgan fingerprint density at radius 3 is 2.76 bits per heavy atom. The second-order valence-corrected chi connectivity index (χ2v) is 4.53. The van der Waals surface area contributed by atoms with E-state index >= 15 is 0 Å². The first kappa shape index (κ1) is 16.9. The van der Waals surface area contributed by atoms with Crippen LogP contribution in [0.15, 0.2) is 28.7 Å². The molecule has 0 saturated carbocycles. The van der Waals surface area contributed by atoms with E-state index in [9.17, 15) is 9.59 Å². The van der Waals surface area contributed by atoms with Crippen molar-refractivity contribution in [3.63, 3.8) is 0 Å². The largest absolute Gasteiger partial charge is 0.466 e. The highest BCUT2D eigenvalue weighted by molar-refractivity contribution is 5.87. The Morgan fingerprint density at radius 2 is 2.19 bits per heavy atom. The second-order valence-electron chi connectivity index (χ2n) is 4.53. The van der Waals surface area contributed by atoms with Crippen molar-refractivity contribution in [2.45, 2.75) is 13.5 Å². The summed E-state index contributed by atoms with van der Waals surface area (Å²) in [5, 5.41) is 4.09. The summed E-state index contributed by atoms with van der Waals surface area (Å²) in [6, 6.07) is 1.50. The number of rotatable bonds is 7. The van der Waals surface area contributed by atoms with Gasteiger partial charge in [0.2, 0.25) is 0 Å². The van der Waals surface area contributed by atoms with E-state index in [1.54, 1.807) is 26.3 Å². The Balaban J connectivity index is 2.79. The molecule has 0 atom stereocenters. The average Bonchev–Trinajstić information content (AvgIpc) is 2.50. The summed E-state index contributed by atoms with van der Waals surface area (Å²) in [7, 11) is 4.80. The van der Waals surface area contributed by atoms with Gasteiger partial charge in [-0.25, -0.2) is 9.48 Å². The smallest absolute Gasteiger partial charge is 0.333 e. The van der Waals surface area contributed by atoms with Crippen LogP contribution in [0.2, 0.25) is 0 Å². The van der Waals surface area contributed by atoms with E-state index in [2.05, 4.69) is 9.84 Å². The highest BCUT2D eigenvalue weighted by atomic mass is 16.5. The Hall–Kier alpha value is -2.15. The van der Waals surface area contributed by atoms with E-state index < -0.39 is 5.97 Å². The SMILES string of the molecule is COCCN(C)c1cnn(C/C=C(/C)C(=O)OC)c(=O)c1. The van der Waals surface area contributed by atoms with Gasteiger partial charge in [-0.2, -0.15) is 5.10 Å². The molecule has 0 saturated heterocycles. The number of carbonyl (C=O) groups excluding carboxylic acids is 1. The summed E-state index contributed by atoms with van der Waals surface area (Å²) in [6.45, 7) is 3.09. The number of aromatic nitrogens is 2. The summed E-state index contributed by atoms with van der Waals surface area (Å²) in [6.07, 6.45) is 3.22.